The molecule has 0 saturated heterocycles. The first-order chi connectivity index (χ1) is 9.51. The molecule has 0 aromatic heterocycles. The van der Waals surface area contributed by atoms with Gasteiger partial charge in [-0.1, -0.05) is 29.8 Å². The van der Waals surface area contributed by atoms with Crippen molar-refractivity contribution in [1.82, 2.24) is 0 Å². The number of nitrogens with two attached hydrogens (primary N) is 1. The van der Waals surface area contributed by atoms with Crippen molar-refractivity contribution in [2.24, 2.45) is 23.5 Å². The summed E-state index contributed by atoms with van der Waals surface area (Å²) in [7, 11) is 1.72. The molecule has 1 aromatic carbocycles. The zero-order valence-corrected chi connectivity index (χ0v) is 14.3. The molecule has 1 fully saturated rings. The highest BCUT2D eigenvalue weighted by Gasteiger charge is 2.30. The van der Waals surface area contributed by atoms with Gasteiger partial charge in [-0.05, 0) is 67.2 Å². The average Bonchev–Trinajstić information content (AvgIpc) is 2.43. The molecule has 1 aromatic rings. The Kier molecular flexibility index (Phi) is 5.50. The molecule has 0 bridgehead atoms. The van der Waals surface area contributed by atoms with Crippen molar-refractivity contribution in [3.05, 3.63) is 28.2 Å². The molecule has 1 aliphatic rings. The Labute approximate surface area is 131 Å². The molecule has 0 amide bonds. The minimum absolute atomic E-state index is 0.336. The highest BCUT2D eigenvalue weighted by atomic mass is 79.9. The Morgan fingerprint density at radius 1 is 1.35 bits per heavy atom. The van der Waals surface area contributed by atoms with Gasteiger partial charge in [0.05, 0.1) is 7.11 Å². The molecule has 0 aliphatic heterocycles. The fourth-order valence-corrected chi connectivity index (χ4v) is 3.69. The van der Waals surface area contributed by atoms with E-state index in [2.05, 4.69) is 41.9 Å². The molecule has 1 saturated carbocycles. The van der Waals surface area contributed by atoms with E-state index < -0.39 is 0 Å². The van der Waals surface area contributed by atoms with E-state index in [0.29, 0.717) is 12.0 Å². The van der Waals surface area contributed by atoms with Gasteiger partial charge in [-0.3, -0.25) is 0 Å². The maximum Gasteiger partial charge on any atom is 0.119 e. The van der Waals surface area contributed by atoms with Gasteiger partial charge in [0.25, 0.3) is 0 Å². The lowest BCUT2D eigenvalue weighted by Gasteiger charge is -2.36. The van der Waals surface area contributed by atoms with Gasteiger partial charge in [0.1, 0.15) is 5.75 Å². The molecule has 112 valence electrons. The summed E-state index contributed by atoms with van der Waals surface area (Å²) in [6.07, 6.45) is 4.74. The highest BCUT2D eigenvalue weighted by molar-refractivity contribution is 9.10. The number of hydrogen-bond donors (Lipinski definition) is 1. The standard InChI is InChI=1S/C17H26BrNO/c1-11(2)12-4-7-17(19)14(8-12)9-13-10-15(20-3)5-6-16(13)18/h5-6,10-12,14,17H,4,7-9,19H2,1-3H3. The van der Waals surface area contributed by atoms with Gasteiger partial charge in [-0.25, -0.2) is 0 Å². The summed E-state index contributed by atoms with van der Waals surface area (Å²) in [6, 6.07) is 6.53. The minimum atomic E-state index is 0.336. The smallest absolute Gasteiger partial charge is 0.119 e. The van der Waals surface area contributed by atoms with Crippen molar-refractivity contribution in [2.45, 2.75) is 45.6 Å². The Balaban J connectivity index is 2.11. The normalized spacial score (nSPS) is 26.8. The Bertz CT molecular complexity index is 447. The lowest BCUT2D eigenvalue weighted by Crippen LogP contribution is -2.38. The Hall–Kier alpha value is -0.540. The van der Waals surface area contributed by atoms with Crippen LogP contribution in [-0.4, -0.2) is 13.2 Å². The molecule has 3 unspecified atom stereocenters. The predicted molar refractivity (Wildman–Crippen MR) is 88.0 cm³/mol. The molecule has 20 heavy (non-hydrogen) atoms. The van der Waals surface area contributed by atoms with Crippen molar-refractivity contribution in [2.75, 3.05) is 7.11 Å². The van der Waals surface area contributed by atoms with Crippen LogP contribution in [0.4, 0.5) is 0 Å². The fourth-order valence-electron chi connectivity index (χ4n) is 3.28. The monoisotopic (exact) mass is 339 g/mol. The van der Waals surface area contributed by atoms with E-state index >= 15 is 0 Å². The second kappa shape index (κ2) is 6.95. The first-order valence-electron chi connectivity index (χ1n) is 7.59. The molecule has 2 N–H and O–H groups in total. The van der Waals surface area contributed by atoms with Gasteiger partial charge in [0.2, 0.25) is 0 Å². The van der Waals surface area contributed by atoms with E-state index in [1.54, 1.807) is 7.11 Å². The predicted octanol–water partition coefficient (Wildman–Crippen LogP) is 4.40. The SMILES string of the molecule is COc1ccc(Br)c(CC2CC(C(C)C)CCC2N)c1. The second-order valence-corrected chi connectivity index (χ2v) is 7.26. The topological polar surface area (TPSA) is 35.2 Å². The second-order valence-electron chi connectivity index (χ2n) is 6.40. The van der Waals surface area contributed by atoms with E-state index in [9.17, 15) is 0 Å². The lowest BCUT2D eigenvalue weighted by atomic mass is 9.72. The van der Waals surface area contributed by atoms with Crippen LogP contribution in [0.3, 0.4) is 0 Å². The van der Waals surface area contributed by atoms with Crippen molar-refractivity contribution in [1.29, 1.82) is 0 Å². The lowest BCUT2D eigenvalue weighted by molar-refractivity contribution is 0.189. The average molecular weight is 340 g/mol. The summed E-state index contributed by atoms with van der Waals surface area (Å²) >= 11 is 3.65. The van der Waals surface area contributed by atoms with Crippen LogP contribution in [0.1, 0.15) is 38.7 Å². The van der Waals surface area contributed by atoms with Gasteiger partial charge in [0, 0.05) is 10.5 Å². The highest BCUT2D eigenvalue weighted by Crippen LogP contribution is 2.36. The molecule has 0 heterocycles. The molecular weight excluding hydrogens is 314 g/mol. The first-order valence-corrected chi connectivity index (χ1v) is 8.38. The number of methoxy groups -OCH3 is 1. The third kappa shape index (κ3) is 3.76. The molecule has 0 radical (unpaired) electrons. The van der Waals surface area contributed by atoms with Crippen LogP contribution in [0.5, 0.6) is 5.75 Å². The van der Waals surface area contributed by atoms with Gasteiger partial charge < -0.3 is 10.5 Å². The van der Waals surface area contributed by atoms with Crippen molar-refractivity contribution in [3.8, 4) is 5.75 Å². The van der Waals surface area contributed by atoms with E-state index in [1.165, 1.54) is 18.4 Å². The van der Waals surface area contributed by atoms with Crippen molar-refractivity contribution in [3.63, 3.8) is 0 Å². The van der Waals surface area contributed by atoms with Gasteiger partial charge >= 0.3 is 0 Å². The van der Waals surface area contributed by atoms with Crippen molar-refractivity contribution >= 4 is 15.9 Å². The molecule has 3 heteroatoms. The van der Waals surface area contributed by atoms with E-state index in [1.807, 2.05) is 6.07 Å². The molecule has 1 aliphatic carbocycles. The summed E-state index contributed by atoms with van der Waals surface area (Å²) in [5.41, 5.74) is 7.68. The zero-order valence-electron chi connectivity index (χ0n) is 12.7. The molecule has 0 spiro atoms. The van der Waals surface area contributed by atoms with Gasteiger partial charge in [0.15, 0.2) is 0 Å². The van der Waals surface area contributed by atoms with Crippen LogP contribution >= 0.6 is 15.9 Å². The fraction of sp³-hybridized carbons (Fsp3) is 0.647. The summed E-state index contributed by atoms with van der Waals surface area (Å²) in [5.74, 6) is 3.09. The number of ether oxygens (including phenoxy) is 1. The Morgan fingerprint density at radius 3 is 2.75 bits per heavy atom. The van der Waals surface area contributed by atoms with Gasteiger partial charge in [-0.2, -0.15) is 0 Å². The summed E-state index contributed by atoms with van der Waals surface area (Å²) in [4.78, 5) is 0. The van der Waals surface area contributed by atoms with Crippen LogP contribution in [0, 0.1) is 17.8 Å². The van der Waals surface area contributed by atoms with Gasteiger partial charge in [-0.15, -0.1) is 0 Å². The van der Waals surface area contributed by atoms with E-state index in [-0.39, 0.29) is 0 Å². The summed E-state index contributed by atoms with van der Waals surface area (Å²) in [5, 5.41) is 0. The largest absolute Gasteiger partial charge is 0.497 e. The first kappa shape index (κ1) is 15.8. The van der Waals surface area contributed by atoms with E-state index in [0.717, 1.165) is 34.9 Å². The third-order valence-electron chi connectivity index (χ3n) is 4.76. The maximum absolute atomic E-state index is 6.36. The molecule has 3 atom stereocenters. The number of halogens is 1. The number of rotatable bonds is 4. The van der Waals surface area contributed by atoms with Crippen LogP contribution < -0.4 is 10.5 Å². The summed E-state index contributed by atoms with van der Waals surface area (Å²) in [6.45, 7) is 4.67. The number of hydrogen-bond acceptors (Lipinski definition) is 2. The maximum atomic E-state index is 6.36. The Morgan fingerprint density at radius 2 is 2.10 bits per heavy atom. The van der Waals surface area contributed by atoms with Crippen LogP contribution in [0.2, 0.25) is 0 Å². The zero-order chi connectivity index (χ0) is 14.7. The number of benzene rings is 1. The van der Waals surface area contributed by atoms with E-state index in [4.69, 9.17) is 10.5 Å². The quantitative estimate of drug-likeness (QED) is 0.882. The molecule has 2 rings (SSSR count). The third-order valence-corrected chi connectivity index (χ3v) is 5.53. The van der Waals surface area contributed by atoms with Crippen molar-refractivity contribution < 1.29 is 4.74 Å². The minimum Gasteiger partial charge on any atom is -0.497 e. The van der Waals surface area contributed by atoms with Crippen LogP contribution in [-0.2, 0) is 6.42 Å². The molecule has 2 nitrogen and oxygen atoms in total. The summed E-state index contributed by atoms with van der Waals surface area (Å²) < 4.78 is 6.50. The van der Waals surface area contributed by atoms with Crippen LogP contribution in [0.25, 0.3) is 0 Å². The van der Waals surface area contributed by atoms with Crippen LogP contribution in [0.15, 0.2) is 22.7 Å². The molecular formula is C17H26BrNO.